The minimum absolute atomic E-state index is 0.675. The molecular weight excluding hydrogens is 685 g/mol. The van der Waals surface area contributed by atoms with E-state index in [1.807, 2.05) is 48.5 Å². The number of furan rings is 2. The summed E-state index contributed by atoms with van der Waals surface area (Å²) in [7, 11) is 0. The third kappa shape index (κ3) is 5.55. The lowest BCUT2D eigenvalue weighted by Crippen LogP contribution is -1.97. The molecular formula is C52H32N2O2. The fraction of sp³-hybridized carbons (Fsp3) is 0. The number of aromatic nitrogens is 2. The molecule has 0 radical (unpaired) electrons. The van der Waals surface area contributed by atoms with Crippen molar-refractivity contribution in [3.63, 3.8) is 0 Å². The molecule has 0 aliphatic rings. The largest absolute Gasteiger partial charge is 0.456 e. The van der Waals surface area contributed by atoms with Crippen molar-refractivity contribution in [3.05, 3.63) is 194 Å². The van der Waals surface area contributed by atoms with Gasteiger partial charge in [-0.2, -0.15) is 0 Å². The average molecular weight is 717 g/mol. The topological polar surface area (TPSA) is 52.1 Å². The Morgan fingerprint density at radius 3 is 1.41 bits per heavy atom. The van der Waals surface area contributed by atoms with Gasteiger partial charge in [-0.15, -0.1) is 0 Å². The second kappa shape index (κ2) is 13.1. The molecule has 0 bridgehead atoms. The zero-order chi connectivity index (χ0) is 37.0. The fourth-order valence-corrected chi connectivity index (χ4v) is 7.90. The van der Waals surface area contributed by atoms with Gasteiger partial charge in [-0.3, -0.25) is 0 Å². The lowest BCUT2D eigenvalue weighted by Gasteiger charge is -2.15. The van der Waals surface area contributed by atoms with Gasteiger partial charge in [0.15, 0.2) is 5.82 Å². The maximum atomic E-state index is 6.26. The number of hydrogen-bond donors (Lipinski definition) is 0. The molecule has 0 atom stereocenters. The number of rotatable bonds is 6. The fourth-order valence-electron chi connectivity index (χ4n) is 7.90. The molecule has 4 nitrogen and oxygen atoms in total. The van der Waals surface area contributed by atoms with Crippen LogP contribution >= 0.6 is 0 Å². The van der Waals surface area contributed by atoms with Crippen molar-refractivity contribution in [2.75, 3.05) is 0 Å². The summed E-state index contributed by atoms with van der Waals surface area (Å²) in [5.41, 5.74) is 14.9. The van der Waals surface area contributed by atoms with Crippen LogP contribution < -0.4 is 0 Å². The van der Waals surface area contributed by atoms with E-state index >= 15 is 0 Å². The second-order valence-electron chi connectivity index (χ2n) is 14.2. The van der Waals surface area contributed by atoms with Crippen LogP contribution in [0.5, 0.6) is 0 Å². The molecule has 8 aromatic carbocycles. The lowest BCUT2D eigenvalue weighted by atomic mass is 9.91. The Bertz CT molecular complexity index is 3230. The molecule has 0 aliphatic heterocycles. The first-order valence-electron chi connectivity index (χ1n) is 18.8. The minimum Gasteiger partial charge on any atom is -0.456 e. The van der Waals surface area contributed by atoms with Crippen molar-refractivity contribution in [3.8, 4) is 67.3 Å². The number of benzene rings is 8. The van der Waals surface area contributed by atoms with Crippen molar-refractivity contribution in [2.24, 2.45) is 0 Å². The first kappa shape index (κ1) is 31.9. The average Bonchev–Trinajstić information content (AvgIpc) is 3.84. The van der Waals surface area contributed by atoms with Gasteiger partial charge in [-0.1, -0.05) is 146 Å². The van der Waals surface area contributed by atoms with Gasteiger partial charge < -0.3 is 8.83 Å². The van der Waals surface area contributed by atoms with E-state index < -0.39 is 0 Å². The van der Waals surface area contributed by atoms with E-state index in [9.17, 15) is 0 Å². The first-order chi connectivity index (χ1) is 27.7. The van der Waals surface area contributed by atoms with Crippen molar-refractivity contribution < 1.29 is 8.83 Å². The van der Waals surface area contributed by atoms with Crippen molar-refractivity contribution >= 4 is 43.9 Å². The molecule has 56 heavy (non-hydrogen) atoms. The van der Waals surface area contributed by atoms with Crippen LogP contribution in [0.2, 0.25) is 0 Å². The van der Waals surface area contributed by atoms with Crippen LogP contribution in [0.25, 0.3) is 111 Å². The summed E-state index contributed by atoms with van der Waals surface area (Å²) in [5.74, 6) is 0.675. The van der Waals surface area contributed by atoms with E-state index in [1.54, 1.807) is 0 Å². The molecule has 0 aliphatic carbocycles. The van der Waals surface area contributed by atoms with Gasteiger partial charge in [-0.05, 0) is 81.9 Å². The first-order valence-corrected chi connectivity index (χ1v) is 18.8. The molecule has 262 valence electrons. The Hall–Kier alpha value is -7.56. The predicted octanol–water partition coefficient (Wildman–Crippen LogP) is 14.3. The summed E-state index contributed by atoms with van der Waals surface area (Å²) in [5, 5.41) is 4.38. The van der Waals surface area contributed by atoms with E-state index in [0.717, 1.165) is 99.8 Å². The standard InChI is InChI=1S/C52H32N2O2/c1-3-11-33(12-4-1)34-19-21-35(22-20-34)46-32-47(54-52(53-46)36-13-5-2-6-14-36)40-26-23-37(38-24-27-50-44(30-38)41-15-7-9-17-48(41)55-50)29-43(40)39-25-28-51-45(31-39)42-16-8-10-18-49(42)56-51/h1-32H. The van der Waals surface area contributed by atoms with Crippen molar-refractivity contribution in [2.45, 2.75) is 0 Å². The lowest BCUT2D eigenvalue weighted by molar-refractivity contribution is 0.668. The number of hydrogen-bond acceptors (Lipinski definition) is 4. The molecule has 0 unspecified atom stereocenters. The van der Waals surface area contributed by atoms with Crippen molar-refractivity contribution in [1.82, 2.24) is 9.97 Å². The van der Waals surface area contributed by atoms with E-state index in [0.29, 0.717) is 5.82 Å². The van der Waals surface area contributed by atoms with Crippen LogP contribution in [0.15, 0.2) is 203 Å². The smallest absolute Gasteiger partial charge is 0.160 e. The summed E-state index contributed by atoms with van der Waals surface area (Å²) in [6, 6.07) is 67.5. The van der Waals surface area contributed by atoms with E-state index in [4.69, 9.17) is 18.8 Å². The molecule has 0 amide bonds. The summed E-state index contributed by atoms with van der Waals surface area (Å²) in [4.78, 5) is 10.4. The predicted molar refractivity (Wildman–Crippen MR) is 229 cm³/mol. The Morgan fingerprint density at radius 1 is 0.268 bits per heavy atom. The SMILES string of the molecule is c1ccc(-c2ccc(-c3cc(-c4ccc(-c5ccc6oc7ccccc7c6c5)cc4-c4ccc5oc6ccccc6c5c4)nc(-c4ccccc4)n3)cc2)cc1. The summed E-state index contributed by atoms with van der Waals surface area (Å²) < 4.78 is 12.4. The molecule has 11 rings (SSSR count). The van der Waals surface area contributed by atoms with Crippen molar-refractivity contribution in [1.29, 1.82) is 0 Å². The highest BCUT2D eigenvalue weighted by molar-refractivity contribution is 6.08. The number of para-hydroxylation sites is 2. The third-order valence-corrected chi connectivity index (χ3v) is 10.7. The Labute approximate surface area is 323 Å². The Balaban J connectivity index is 1.12. The summed E-state index contributed by atoms with van der Waals surface area (Å²) >= 11 is 0. The molecule has 4 heteroatoms. The number of nitrogens with zero attached hydrogens (tertiary/aromatic N) is 2. The van der Waals surface area contributed by atoms with Gasteiger partial charge in [-0.25, -0.2) is 9.97 Å². The van der Waals surface area contributed by atoms with Gasteiger partial charge in [0.25, 0.3) is 0 Å². The molecule has 0 spiro atoms. The van der Waals surface area contributed by atoms with E-state index in [2.05, 4.69) is 146 Å². The van der Waals surface area contributed by atoms with Crippen LogP contribution in [-0.2, 0) is 0 Å². The quantitative estimate of drug-likeness (QED) is 0.172. The van der Waals surface area contributed by atoms with Gasteiger partial charge in [0.1, 0.15) is 22.3 Å². The number of fused-ring (bicyclic) bond motifs is 6. The van der Waals surface area contributed by atoms with Gasteiger partial charge >= 0.3 is 0 Å². The molecule has 3 heterocycles. The van der Waals surface area contributed by atoms with E-state index in [1.165, 1.54) is 5.56 Å². The van der Waals surface area contributed by atoms with Crippen LogP contribution in [0.1, 0.15) is 0 Å². The monoisotopic (exact) mass is 716 g/mol. The van der Waals surface area contributed by atoms with E-state index in [-0.39, 0.29) is 0 Å². The Morgan fingerprint density at radius 2 is 0.732 bits per heavy atom. The Kier molecular flexibility index (Phi) is 7.46. The molecule has 11 aromatic rings. The van der Waals surface area contributed by atoms with Crippen LogP contribution in [0.3, 0.4) is 0 Å². The summed E-state index contributed by atoms with van der Waals surface area (Å²) in [6.45, 7) is 0. The van der Waals surface area contributed by atoms with Gasteiger partial charge in [0.2, 0.25) is 0 Å². The van der Waals surface area contributed by atoms with Crippen LogP contribution in [-0.4, -0.2) is 9.97 Å². The highest BCUT2D eigenvalue weighted by Gasteiger charge is 2.18. The molecule has 3 aromatic heterocycles. The maximum absolute atomic E-state index is 6.26. The third-order valence-electron chi connectivity index (χ3n) is 10.7. The second-order valence-corrected chi connectivity index (χ2v) is 14.2. The summed E-state index contributed by atoms with van der Waals surface area (Å²) in [6.07, 6.45) is 0. The zero-order valence-electron chi connectivity index (χ0n) is 30.2. The molecule has 0 N–H and O–H groups in total. The highest BCUT2D eigenvalue weighted by Crippen LogP contribution is 2.41. The van der Waals surface area contributed by atoms with Gasteiger partial charge in [0.05, 0.1) is 11.4 Å². The molecule has 0 fully saturated rings. The molecule has 0 saturated carbocycles. The zero-order valence-corrected chi connectivity index (χ0v) is 30.2. The normalized spacial score (nSPS) is 11.6. The van der Waals surface area contributed by atoms with Gasteiger partial charge in [0, 0.05) is 38.2 Å². The maximum Gasteiger partial charge on any atom is 0.160 e. The van der Waals surface area contributed by atoms with Crippen LogP contribution in [0, 0.1) is 0 Å². The highest BCUT2D eigenvalue weighted by atomic mass is 16.3. The minimum atomic E-state index is 0.675. The van der Waals surface area contributed by atoms with Crippen LogP contribution in [0.4, 0.5) is 0 Å². The molecule has 0 saturated heterocycles.